The van der Waals surface area contributed by atoms with Crippen molar-refractivity contribution in [1.29, 1.82) is 0 Å². The van der Waals surface area contributed by atoms with Gasteiger partial charge in [0.2, 0.25) is 11.8 Å². The number of hydrogen-bond donors (Lipinski definition) is 1. The van der Waals surface area contributed by atoms with E-state index >= 15 is 0 Å². The maximum absolute atomic E-state index is 10.7. The summed E-state index contributed by atoms with van der Waals surface area (Å²) in [6.45, 7) is 6.00. The van der Waals surface area contributed by atoms with Crippen LogP contribution in [0.3, 0.4) is 0 Å². The Morgan fingerprint density at radius 3 is 2.67 bits per heavy atom. The van der Waals surface area contributed by atoms with Gasteiger partial charge in [-0.3, -0.25) is 4.79 Å². The second kappa shape index (κ2) is 7.23. The molecule has 1 atom stereocenters. The molecule has 1 amide bonds. The van der Waals surface area contributed by atoms with Crippen molar-refractivity contribution in [1.82, 2.24) is 20.3 Å². The van der Waals surface area contributed by atoms with E-state index in [0.717, 1.165) is 8.68 Å². The van der Waals surface area contributed by atoms with Gasteiger partial charge in [-0.05, 0) is 6.92 Å². The Hall–Kier alpha value is -1.13. The normalized spacial score (nSPS) is 12.8. The maximum Gasteiger partial charge on any atom is 0.239 e. The Morgan fingerprint density at radius 1 is 1.33 bits per heavy atom. The molecule has 0 unspecified atom stereocenters. The Labute approximate surface area is 134 Å². The molecule has 114 valence electrons. The highest BCUT2D eigenvalue weighted by Crippen LogP contribution is 2.37. The summed E-state index contributed by atoms with van der Waals surface area (Å²) in [7, 11) is 0. The quantitative estimate of drug-likeness (QED) is 0.762. The Morgan fingerprint density at radius 2 is 2.05 bits per heavy atom. The lowest BCUT2D eigenvalue weighted by molar-refractivity contribution is -0.115. The van der Waals surface area contributed by atoms with Crippen molar-refractivity contribution >= 4 is 40.8 Å². The first-order chi connectivity index (χ1) is 9.95. The van der Waals surface area contributed by atoms with Gasteiger partial charge in [0.25, 0.3) is 0 Å². The zero-order valence-electron chi connectivity index (χ0n) is 11.8. The zero-order valence-corrected chi connectivity index (χ0v) is 14.2. The van der Waals surface area contributed by atoms with Crippen molar-refractivity contribution in [3.05, 3.63) is 11.7 Å². The minimum absolute atomic E-state index is 0.00746. The van der Waals surface area contributed by atoms with Crippen LogP contribution < -0.4 is 5.73 Å². The van der Waals surface area contributed by atoms with Crippen LogP contribution in [0.2, 0.25) is 0 Å². The lowest BCUT2D eigenvalue weighted by Gasteiger charge is -2.01. The van der Waals surface area contributed by atoms with Crippen molar-refractivity contribution in [2.24, 2.45) is 5.73 Å². The van der Waals surface area contributed by atoms with Gasteiger partial charge in [0.15, 0.2) is 14.5 Å². The molecule has 10 heteroatoms. The largest absolute Gasteiger partial charge is 0.369 e. The van der Waals surface area contributed by atoms with Gasteiger partial charge in [0.1, 0.15) is 0 Å². The van der Waals surface area contributed by atoms with E-state index in [9.17, 15) is 4.79 Å². The summed E-state index contributed by atoms with van der Waals surface area (Å²) in [5, 5.41) is 12.0. The summed E-state index contributed by atoms with van der Waals surface area (Å²) >= 11 is 4.20. The number of nitrogens with zero attached hydrogens (tertiary/aromatic N) is 4. The first-order valence-electron chi connectivity index (χ1n) is 6.20. The van der Waals surface area contributed by atoms with Gasteiger partial charge < -0.3 is 10.3 Å². The third-order valence-corrected chi connectivity index (χ3v) is 5.58. The summed E-state index contributed by atoms with van der Waals surface area (Å²) in [5.41, 5.74) is 5.09. The van der Waals surface area contributed by atoms with Crippen molar-refractivity contribution in [2.75, 3.05) is 5.75 Å². The number of nitrogens with two attached hydrogens (primary N) is 1. The van der Waals surface area contributed by atoms with E-state index in [1.165, 1.54) is 34.9 Å². The van der Waals surface area contributed by atoms with Gasteiger partial charge in [-0.15, -0.1) is 10.2 Å². The summed E-state index contributed by atoms with van der Waals surface area (Å²) < 4.78 is 6.76. The number of aromatic nitrogens is 4. The van der Waals surface area contributed by atoms with Crippen molar-refractivity contribution in [2.45, 2.75) is 40.6 Å². The molecule has 21 heavy (non-hydrogen) atoms. The average molecular weight is 345 g/mol. The van der Waals surface area contributed by atoms with E-state index in [-0.39, 0.29) is 22.8 Å². The first-order valence-corrected chi connectivity index (χ1v) is 8.88. The van der Waals surface area contributed by atoms with Crippen LogP contribution in [-0.4, -0.2) is 32.0 Å². The molecule has 0 aliphatic rings. The maximum atomic E-state index is 10.7. The number of rotatable bonds is 7. The minimum Gasteiger partial charge on any atom is -0.369 e. The van der Waals surface area contributed by atoms with Crippen LogP contribution in [0.5, 0.6) is 0 Å². The van der Waals surface area contributed by atoms with Gasteiger partial charge >= 0.3 is 0 Å². The predicted molar refractivity (Wildman–Crippen MR) is 82.5 cm³/mol. The highest BCUT2D eigenvalue weighted by molar-refractivity contribution is 8.03. The summed E-state index contributed by atoms with van der Waals surface area (Å²) in [6, 6.07) is 0. The van der Waals surface area contributed by atoms with Crippen molar-refractivity contribution in [3.8, 4) is 0 Å². The van der Waals surface area contributed by atoms with Crippen LogP contribution in [0.4, 0.5) is 0 Å². The van der Waals surface area contributed by atoms with Gasteiger partial charge in [-0.2, -0.15) is 4.98 Å². The van der Waals surface area contributed by atoms with Crippen LogP contribution >= 0.6 is 34.9 Å². The highest BCUT2D eigenvalue weighted by atomic mass is 32.2. The molecule has 0 aliphatic carbocycles. The molecule has 2 N–H and O–H groups in total. The van der Waals surface area contributed by atoms with E-state index in [0.29, 0.717) is 11.7 Å². The second-order valence-electron chi connectivity index (χ2n) is 4.49. The molecule has 2 rings (SSSR count). The molecule has 2 aromatic rings. The number of carbonyl (C=O) groups excluding carboxylic acids is 1. The van der Waals surface area contributed by atoms with Crippen LogP contribution in [-0.2, 0) is 4.79 Å². The number of primary amides is 1. The Kier molecular flexibility index (Phi) is 5.59. The summed E-state index contributed by atoms with van der Waals surface area (Å²) in [4.78, 5) is 15.1. The Bertz CT molecular complexity index is 613. The molecule has 0 aromatic carbocycles. The standard InChI is InChI=1S/C11H15N5O2S3/c1-5(2)8-13-9(18-16-8)6(3)20-11-15-14-10(21-11)19-4-7(12)17/h5-6H,4H2,1-3H3,(H2,12,17)/t6-/m1/s1. The van der Waals surface area contributed by atoms with Crippen LogP contribution in [0.1, 0.15) is 43.7 Å². The first kappa shape index (κ1) is 16.2. The molecule has 0 spiro atoms. The molecule has 0 saturated carbocycles. The minimum atomic E-state index is -0.371. The molecule has 2 heterocycles. The van der Waals surface area contributed by atoms with Gasteiger partial charge in [0.05, 0.1) is 11.0 Å². The topological polar surface area (TPSA) is 108 Å². The third-order valence-electron chi connectivity index (χ3n) is 2.33. The smallest absolute Gasteiger partial charge is 0.239 e. The van der Waals surface area contributed by atoms with Crippen LogP contribution in [0, 0.1) is 0 Å². The van der Waals surface area contributed by atoms with E-state index in [2.05, 4.69) is 20.3 Å². The second-order valence-corrected chi connectivity index (χ2v) is 8.28. The molecule has 7 nitrogen and oxygen atoms in total. The number of hydrogen-bond acceptors (Lipinski definition) is 9. The van der Waals surface area contributed by atoms with Crippen molar-refractivity contribution in [3.63, 3.8) is 0 Å². The molecular weight excluding hydrogens is 330 g/mol. The summed E-state index contributed by atoms with van der Waals surface area (Å²) in [6.07, 6.45) is 0. The molecule has 0 saturated heterocycles. The summed E-state index contributed by atoms with van der Waals surface area (Å²) in [5.74, 6) is 1.34. The average Bonchev–Trinajstić information content (AvgIpc) is 3.05. The van der Waals surface area contributed by atoms with Gasteiger partial charge in [-0.1, -0.05) is 53.9 Å². The SMILES string of the molecule is CC(C)c1noc([C@@H](C)Sc2nnc(SCC(N)=O)s2)n1. The van der Waals surface area contributed by atoms with Crippen LogP contribution in [0.25, 0.3) is 0 Å². The lowest BCUT2D eigenvalue weighted by Crippen LogP contribution is -2.12. The number of thioether (sulfide) groups is 2. The molecule has 0 radical (unpaired) electrons. The van der Waals surface area contributed by atoms with Gasteiger partial charge in [0, 0.05) is 5.92 Å². The third kappa shape index (κ3) is 4.68. The fourth-order valence-electron chi connectivity index (χ4n) is 1.28. The lowest BCUT2D eigenvalue weighted by atomic mass is 10.2. The molecule has 2 aromatic heterocycles. The van der Waals surface area contributed by atoms with Crippen molar-refractivity contribution < 1.29 is 9.32 Å². The van der Waals surface area contributed by atoms with E-state index < -0.39 is 0 Å². The fourth-order valence-corrected chi connectivity index (χ4v) is 4.22. The fraction of sp³-hybridized carbons (Fsp3) is 0.545. The molecular formula is C11H15N5O2S3. The Balaban J connectivity index is 1.95. The molecule has 0 bridgehead atoms. The zero-order chi connectivity index (χ0) is 15.4. The van der Waals surface area contributed by atoms with E-state index in [4.69, 9.17) is 10.3 Å². The highest BCUT2D eigenvalue weighted by Gasteiger charge is 2.19. The number of carbonyl (C=O) groups is 1. The monoisotopic (exact) mass is 345 g/mol. The van der Waals surface area contributed by atoms with E-state index in [1.807, 2.05) is 20.8 Å². The van der Waals surface area contributed by atoms with E-state index in [1.54, 1.807) is 0 Å². The number of amides is 1. The molecule has 0 fully saturated rings. The molecule has 0 aliphatic heterocycles. The van der Waals surface area contributed by atoms with Gasteiger partial charge in [-0.25, -0.2) is 0 Å². The predicted octanol–water partition coefficient (Wildman–Crippen LogP) is 2.48. The van der Waals surface area contributed by atoms with Crippen LogP contribution in [0.15, 0.2) is 13.2 Å².